The van der Waals surface area contributed by atoms with E-state index in [2.05, 4.69) is 0 Å². The smallest absolute Gasteiger partial charge is 0.224 e. The zero-order valence-corrected chi connectivity index (χ0v) is 5.15. The zero-order chi connectivity index (χ0) is 6.57. The molecule has 0 saturated carbocycles. The summed E-state index contributed by atoms with van der Waals surface area (Å²) in [7, 11) is 1.44. The lowest BCUT2D eigenvalue weighted by Gasteiger charge is -2.08. The Balaban J connectivity index is 3.46. The minimum absolute atomic E-state index is 0.160. The topological polar surface area (TPSA) is 20.3 Å². The van der Waals surface area contributed by atoms with Crippen LogP contribution in [0.2, 0.25) is 0 Å². The highest BCUT2D eigenvalue weighted by molar-refractivity contribution is 5.75. The number of hydrogen-bond acceptors (Lipinski definition) is 1. The molecule has 0 aliphatic heterocycles. The monoisotopic (exact) mass is 119 g/mol. The van der Waals surface area contributed by atoms with Crippen LogP contribution >= 0.6 is 0 Å². The Morgan fingerprint density at radius 1 is 1.75 bits per heavy atom. The van der Waals surface area contributed by atoms with Crippen molar-refractivity contribution >= 4 is 5.91 Å². The summed E-state index contributed by atoms with van der Waals surface area (Å²) in [4.78, 5) is 11.5. The molecule has 0 fully saturated rings. The fraction of sp³-hybridized carbons (Fsp3) is 0.800. The van der Waals surface area contributed by atoms with Crippen molar-refractivity contribution in [1.29, 1.82) is 0 Å². The summed E-state index contributed by atoms with van der Waals surface area (Å²) in [5.74, 6) is -0.160. The normalized spacial score (nSPS) is 8.88. The lowest BCUT2D eigenvalue weighted by molar-refractivity contribution is -0.131. The molecule has 0 aromatic carbocycles. The minimum Gasteiger partial charge on any atom is -0.318 e. The van der Waals surface area contributed by atoms with Gasteiger partial charge in [-0.15, -0.1) is 0 Å². The highest BCUT2D eigenvalue weighted by Gasteiger charge is 2.01. The largest absolute Gasteiger partial charge is 0.318 e. The molecular formula is C5H10FNO. The van der Waals surface area contributed by atoms with E-state index in [1.54, 1.807) is 6.92 Å². The second-order valence-electron chi connectivity index (χ2n) is 1.56. The summed E-state index contributed by atoms with van der Waals surface area (Å²) in [6.07, 6.45) is 0.375. The standard InChI is InChI=1S/C5H10FNO/c1-3-5(8)7(2)4-6/h3-4H2,1-2H3. The van der Waals surface area contributed by atoms with Crippen LogP contribution in [0.25, 0.3) is 0 Å². The molecule has 0 saturated heterocycles. The Morgan fingerprint density at radius 2 is 2.25 bits per heavy atom. The summed E-state index contributed by atoms with van der Waals surface area (Å²) in [6.45, 7) is 1.02. The number of carbonyl (C=O) groups excluding carboxylic acids is 1. The summed E-state index contributed by atoms with van der Waals surface area (Å²) >= 11 is 0. The first kappa shape index (κ1) is 7.40. The van der Waals surface area contributed by atoms with Gasteiger partial charge in [-0.3, -0.25) is 4.79 Å². The van der Waals surface area contributed by atoms with Crippen LogP contribution in [0, 0.1) is 0 Å². The van der Waals surface area contributed by atoms with Crippen molar-refractivity contribution in [3.63, 3.8) is 0 Å². The molecule has 0 bridgehead atoms. The van der Waals surface area contributed by atoms with Gasteiger partial charge in [-0.1, -0.05) is 6.92 Å². The predicted octanol–water partition coefficient (Wildman–Crippen LogP) is 0.782. The highest BCUT2D eigenvalue weighted by atomic mass is 19.1. The summed E-state index contributed by atoms with van der Waals surface area (Å²) in [5, 5.41) is 0. The van der Waals surface area contributed by atoms with Gasteiger partial charge in [0.1, 0.15) is 0 Å². The molecule has 0 aliphatic rings. The molecule has 0 aromatic heterocycles. The number of amides is 1. The molecule has 0 atom stereocenters. The van der Waals surface area contributed by atoms with Crippen molar-refractivity contribution < 1.29 is 9.18 Å². The third kappa shape index (κ3) is 1.91. The Hall–Kier alpha value is -0.600. The fourth-order valence-corrected chi connectivity index (χ4v) is 0.337. The molecule has 0 N–H and O–H groups in total. The van der Waals surface area contributed by atoms with E-state index in [1.807, 2.05) is 0 Å². The quantitative estimate of drug-likeness (QED) is 0.492. The van der Waals surface area contributed by atoms with E-state index in [0.717, 1.165) is 4.90 Å². The van der Waals surface area contributed by atoms with E-state index in [0.29, 0.717) is 6.42 Å². The van der Waals surface area contributed by atoms with Crippen molar-refractivity contribution in [2.24, 2.45) is 0 Å². The second-order valence-corrected chi connectivity index (χ2v) is 1.56. The van der Waals surface area contributed by atoms with Crippen LogP contribution in [-0.4, -0.2) is 24.7 Å². The van der Waals surface area contributed by atoms with Crippen LogP contribution in [0.15, 0.2) is 0 Å². The third-order valence-corrected chi connectivity index (χ3v) is 0.907. The van der Waals surface area contributed by atoms with E-state index >= 15 is 0 Å². The maximum atomic E-state index is 11.5. The predicted molar refractivity (Wildman–Crippen MR) is 29.0 cm³/mol. The molecule has 0 aliphatic carbocycles. The maximum absolute atomic E-state index is 11.5. The number of halogens is 1. The van der Waals surface area contributed by atoms with Crippen molar-refractivity contribution in [2.75, 3.05) is 13.8 Å². The molecule has 0 spiro atoms. The number of nitrogens with zero attached hydrogens (tertiary/aromatic N) is 1. The van der Waals surface area contributed by atoms with Gasteiger partial charge in [0.25, 0.3) is 0 Å². The molecule has 0 radical (unpaired) electrons. The van der Waals surface area contributed by atoms with E-state index in [-0.39, 0.29) is 5.91 Å². The Bertz CT molecular complexity index is 84.5. The van der Waals surface area contributed by atoms with E-state index < -0.39 is 6.80 Å². The van der Waals surface area contributed by atoms with Crippen LogP contribution < -0.4 is 0 Å². The van der Waals surface area contributed by atoms with Crippen molar-refractivity contribution in [3.8, 4) is 0 Å². The van der Waals surface area contributed by atoms with Gasteiger partial charge in [-0.05, 0) is 0 Å². The molecule has 1 amide bonds. The van der Waals surface area contributed by atoms with Crippen molar-refractivity contribution in [3.05, 3.63) is 0 Å². The van der Waals surface area contributed by atoms with Gasteiger partial charge in [0.05, 0.1) is 0 Å². The van der Waals surface area contributed by atoms with Gasteiger partial charge in [0.2, 0.25) is 5.91 Å². The molecule has 0 rings (SSSR count). The third-order valence-electron chi connectivity index (χ3n) is 0.907. The highest BCUT2D eigenvalue weighted by Crippen LogP contribution is 1.87. The fourth-order valence-electron chi connectivity index (χ4n) is 0.337. The minimum atomic E-state index is -0.688. The van der Waals surface area contributed by atoms with Gasteiger partial charge < -0.3 is 4.90 Å². The molecule has 0 aromatic rings. The van der Waals surface area contributed by atoms with E-state index in [4.69, 9.17) is 0 Å². The van der Waals surface area contributed by atoms with E-state index in [9.17, 15) is 9.18 Å². The molecule has 8 heavy (non-hydrogen) atoms. The zero-order valence-electron chi connectivity index (χ0n) is 5.15. The maximum Gasteiger partial charge on any atom is 0.224 e. The van der Waals surface area contributed by atoms with Gasteiger partial charge in [0.15, 0.2) is 6.80 Å². The lowest BCUT2D eigenvalue weighted by atomic mass is 10.4. The van der Waals surface area contributed by atoms with Crippen molar-refractivity contribution in [1.82, 2.24) is 4.90 Å². The molecule has 2 nitrogen and oxygen atoms in total. The molecule has 0 unspecified atom stereocenters. The Morgan fingerprint density at radius 3 is 2.38 bits per heavy atom. The van der Waals surface area contributed by atoms with Crippen LogP contribution in [0.5, 0.6) is 0 Å². The first-order valence-corrected chi connectivity index (χ1v) is 2.52. The van der Waals surface area contributed by atoms with Gasteiger partial charge in [-0.2, -0.15) is 0 Å². The van der Waals surface area contributed by atoms with Crippen LogP contribution in [0.4, 0.5) is 4.39 Å². The number of carbonyl (C=O) groups is 1. The van der Waals surface area contributed by atoms with Gasteiger partial charge in [0, 0.05) is 13.5 Å². The summed E-state index contributed by atoms with van der Waals surface area (Å²) < 4.78 is 11.5. The van der Waals surface area contributed by atoms with Crippen molar-refractivity contribution in [2.45, 2.75) is 13.3 Å². The SMILES string of the molecule is CCC(=O)N(C)CF. The summed E-state index contributed by atoms with van der Waals surface area (Å²) in [6, 6.07) is 0. The van der Waals surface area contributed by atoms with Gasteiger partial charge in [-0.25, -0.2) is 4.39 Å². The number of alkyl halides is 1. The Kier molecular flexibility index (Phi) is 3.15. The summed E-state index contributed by atoms with van der Waals surface area (Å²) in [5.41, 5.74) is 0. The Labute approximate surface area is 48.3 Å². The van der Waals surface area contributed by atoms with Crippen LogP contribution in [-0.2, 0) is 4.79 Å². The number of rotatable bonds is 2. The van der Waals surface area contributed by atoms with Crippen LogP contribution in [0.1, 0.15) is 13.3 Å². The molecular weight excluding hydrogens is 109 g/mol. The lowest BCUT2D eigenvalue weighted by Crippen LogP contribution is -2.24. The van der Waals surface area contributed by atoms with E-state index in [1.165, 1.54) is 7.05 Å². The first-order chi connectivity index (χ1) is 3.72. The average molecular weight is 119 g/mol. The molecule has 3 heteroatoms. The average Bonchev–Trinajstić information content (AvgIpc) is 1.84. The van der Waals surface area contributed by atoms with Gasteiger partial charge >= 0.3 is 0 Å². The first-order valence-electron chi connectivity index (χ1n) is 2.52. The number of hydrogen-bond donors (Lipinski definition) is 0. The molecule has 0 heterocycles. The van der Waals surface area contributed by atoms with Crippen LogP contribution in [0.3, 0.4) is 0 Å². The second kappa shape index (κ2) is 3.41. The molecule has 48 valence electrons.